The Balaban J connectivity index is 1.24. The molecule has 0 spiro atoms. The second-order valence-corrected chi connectivity index (χ2v) is 11.6. The number of nitrogens with two attached hydrogens (primary N) is 1. The van der Waals surface area contributed by atoms with Gasteiger partial charge in [0.2, 0.25) is 27.8 Å². The van der Waals surface area contributed by atoms with Crippen molar-refractivity contribution in [2.75, 3.05) is 13.1 Å². The van der Waals surface area contributed by atoms with E-state index in [1.54, 1.807) is 0 Å². The fraction of sp³-hybridized carbons (Fsp3) is 0.346. The van der Waals surface area contributed by atoms with E-state index in [0.717, 1.165) is 22.2 Å². The average Bonchev–Trinajstić information content (AvgIpc) is 2.82. The summed E-state index contributed by atoms with van der Waals surface area (Å²) in [4.78, 5) is 30.1. The second-order valence-electron chi connectivity index (χ2n) is 9.91. The van der Waals surface area contributed by atoms with Crippen LogP contribution in [0.25, 0.3) is 10.9 Å². The normalized spacial score (nSPS) is 18.4. The molecule has 2 amide bonds. The number of aryl methyl sites for hydroxylation is 1. The van der Waals surface area contributed by atoms with E-state index in [2.05, 4.69) is 9.71 Å². The lowest BCUT2D eigenvalue weighted by atomic mass is 9.78. The van der Waals surface area contributed by atoms with E-state index >= 15 is 0 Å². The predicted molar refractivity (Wildman–Crippen MR) is 134 cm³/mol. The number of fused-ring (bicyclic) bond motifs is 1. The number of primary amides is 1. The van der Waals surface area contributed by atoms with Crippen LogP contribution in [-0.4, -0.2) is 54.7 Å². The van der Waals surface area contributed by atoms with E-state index in [4.69, 9.17) is 10.5 Å². The van der Waals surface area contributed by atoms with Crippen molar-refractivity contribution >= 4 is 32.7 Å². The third-order valence-electron chi connectivity index (χ3n) is 6.93. The summed E-state index contributed by atoms with van der Waals surface area (Å²) in [5.41, 5.74) is 6.39. The number of rotatable bonds is 8. The van der Waals surface area contributed by atoms with Crippen LogP contribution in [0.15, 0.2) is 59.5 Å². The summed E-state index contributed by atoms with van der Waals surface area (Å²) in [6, 6.07) is 15.3. The van der Waals surface area contributed by atoms with Crippen molar-refractivity contribution in [2.45, 2.75) is 42.7 Å². The molecule has 1 saturated carbocycles. The quantitative estimate of drug-likeness (QED) is 0.448. The van der Waals surface area contributed by atoms with Gasteiger partial charge < -0.3 is 15.4 Å². The van der Waals surface area contributed by atoms with Crippen molar-refractivity contribution in [3.05, 3.63) is 65.9 Å². The molecule has 0 bridgehead atoms. The van der Waals surface area contributed by atoms with E-state index < -0.39 is 52.1 Å². The second kappa shape index (κ2) is 9.28. The maximum absolute atomic E-state index is 13.1. The molecule has 200 valence electrons. The Morgan fingerprint density at radius 1 is 1.13 bits per heavy atom. The van der Waals surface area contributed by atoms with E-state index in [-0.39, 0.29) is 24.6 Å². The van der Waals surface area contributed by atoms with Gasteiger partial charge in [-0.1, -0.05) is 18.2 Å². The third-order valence-corrected chi connectivity index (χ3v) is 8.48. The number of para-hydroxylation sites is 1. The molecule has 38 heavy (non-hydrogen) atoms. The number of hydrogen-bond donors (Lipinski definition) is 2. The standard InChI is InChI=1S/C26H26F2N4O5S/c1-16-10-17(21-4-2-3-5-22(21)30-16)13-37-19-6-8-20(9-7-19)38(35,36)31-25(24(29)34)14-32(15-25)23(33)18-11-26(27,28)12-18/h2-10,18,31H,11-15H2,1H3,(H2,29,34). The number of carbonyl (C=O) groups excluding carboxylic acids is 2. The molecule has 3 N–H and O–H groups in total. The highest BCUT2D eigenvalue weighted by atomic mass is 32.2. The molecule has 9 nitrogen and oxygen atoms in total. The molecule has 0 unspecified atom stereocenters. The number of sulfonamides is 1. The summed E-state index contributed by atoms with van der Waals surface area (Å²) in [6.45, 7) is 1.51. The van der Waals surface area contributed by atoms with Gasteiger partial charge in [0, 0.05) is 35.4 Å². The van der Waals surface area contributed by atoms with Crippen molar-refractivity contribution in [3.8, 4) is 5.75 Å². The van der Waals surface area contributed by atoms with Crippen LogP contribution in [0.5, 0.6) is 5.75 Å². The van der Waals surface area contributed by atoms with Crippen molar-refractivity contribution in [2.24, 2.45) is 11.7 Å². The van der Waals surface area contributed by atoms with Gasteiger partial charge in [0.1, 0.15) is 17.9 Å². The molecule has 12 heteroatoms. The SMILES string of the molecule is Cc1cc(COc2ccc(S(=O)(=O)NC3(C(N)=O)CN(C(=O)C4CC(F)(F)C4)C3)cc2)c2ccccc2n1. The van der Waals surface area contributed by atoms with Gasteiger partial charge in [0.15, 0.2) is 0 Å². The highest BCUT2D eigenvalue weighted by molar-refractivity contribution is 7.89. The lowest BCUT2D eigenvalue weighted by Crippen LogP contribution is -2.77. The minimum atomic E-state index is -4.19. The molecule has 2 heterocycles. The Morgan fingerprint density at radius 3 is 2.42 bits per heavy atom. The lowest BCUT2D eigenvalue weighted by molar-refractivity contribution is -0.168. The Labute approximate surface area is 218 Å². The molecule has 2 aromatic carbocycles. The van der Waals surface area contributed by atoms with Crippen LogP contribution in [-0.2, 0) is 26.2 Å². The molecule has 1 aromatic heterocycles. The number of hydrogen-bond acceptors (Lipinski definition) is 6. The van der Waals surface area contributed by atoms with Gasteiger partial charge >= 0.3 is 0 Å². The number of alkyl halides is 2. The Morgan fingerprint density at radius 2 is 1.79 bits per heavy atom. The monoisotopic (exact) mass is 544 g/mol. The topological polar surface area (TPSA) is 132 Å². The van der Waals surface area contributed by atoms with Crippen molar-refractivity contribution in [1.29, 1.82) is 0 Å². The number of ether oxygens (including phenoxy) is 1. The van der Waals surface area contributed by atoms with Gasteiger partial charge in [0.05, 0.1) is 23.5 Å². The number of amides is 2. The molecular formula is C26H26F2N4O5S. The van der Waals surface area contributed by atoms with Gasteiger partial charge in [-0.15, -0.1) is 0 Å². The number of likely N-dealkylation sites (tertiary alicyclic amines) is 1. The van der Waals surface area contributed by atoms with Gasteiger partial charge in [-0.25, -0.2) is 17.2 Å². The highest BCUT2D eigenvalue weighted by Crippen LogP contribution is 2.44. The molecule has 1 saturated heterocycles. The molecular weight excluding hydrogens is 518 g/mol. The number of nitrogens with one attached hydrogen (secondary N) is 1. The molecule has 2 aliphatic rings. The number of pyridine rings is 1. The van der Waals surface area contributed by atoms with Gasteiger partial charge in [-0.05, 0) is 43.3 Å². The van der Waals surface area contributed by atoms with E-state index in [9.17, 15) is 26.8 Å². The first-order valence-corrected chi connectivity index (χ1v) is 13.4. The fourth-order valence-electron chi connectivity index (χ4n) is 4.83. The molecule has 1 aliphatic heterocycles. The van der Waals surface area contributed by atoms with Crippen molar-refractivity contribution in [3.63, 3.8) is 0 Å². The number of halogens is 2. The van der Waals surface area contributed by atoms with Crippen LogP contribution in [0, 0.1) is 12.8 Å². The lowest BCUT2D eigenvalue weighted by Gasteiger charge is -2.50. The number of benzene rings is 2. The minimum Gasteiger partial charge on any atom is -0.489 e. The molecule has 2 fully saturated rings. The molecule has 1 aliphatic carbocycles. The smallest absolute Gasteiger partial charge is 0.249 e. The molecule has 0 atom stereocenters. The summed E-state index contributed by atoms with van der Waals surface area (Å²) < 4.78 is 60.4. The van der Waals surface area contributed by atoms with Crippen LogP contribution in [0.3, 0.4) is 0 Å². The van der Waals surface area contributed by atoms with Crippen molar-refractivity contribution < 1.29 is 31.5 Å². The summed E-state index contributed by atoms with van der Waals surface area (Å²) >= 11 is 0. The van der Waals surface area contributed by atoms with E-state index in [1.165, 1.54) is 29.2 Å². The summed E-state index contributed by atoms with van der Waals surface area (Å²) in [6.07, 6.45) is -1.11. The fourth-order valence-corrected chi connectivity index (χ4v) is 6.19. The zero-order chi connectivity index (χ0) is 27.3. The van der Waals surface area contributed by atoms with Crippen LogP contribution >= 0.6 is 0 Å². The van der Waals surface area contributed by atoms with Gasteiger partial charge in [0.25, 0.3) is 0 Å². The van der Waals surface area contributed by atoms with Crippen LogP contribution in [0.2, 0.25) is 0 Å². The number of aromatic nitrogens is 1. The average molecular weight is 545 g/mol. The maximum Gasteiger partial charge on any atom is 0.249 e. The molecule has 0 radical (unpaired) electrons. The highest BCUT2D eigenvalue weighted by Gasteiger charge is 2.57. The van der Waals surface area contributed by atoms with Crippen LogP contribution in [0.1, 0.15) is 24.1 Å². The first kappa shape index (κ1) is 26.0. The van der Waals surface area contributed by atoms with E-state index in [0.29, 0.717) is 5.75 Å². The zero-order valence-electron chi connectivity index (χ0n) is 20.5. The van der Waals surface area contributed by atoms with E-state index in [1.807, 2.05) is 37.3 Å². The molecule has 5 rings (SSSR count). The van der Waals surface area contributed by atoms with Crippen LogP contribution < -0.4 is 15.2 Å². The summed E-state index contributed by atoms with van der Waals surface area (Å²) in [5.74, 6) is -4.76. The minimum absolute atomic E-state index is 0.126. The first-order chi connectivity index (χ1) is 17.9. The number of carbonyl (C=O) groups is 2. The third kappa shape index (κ3) is 4.93. The first-order valence-electron chi connectivity index (χ1n) is 12.0. The maximum atomic E-state index is 13.1. The van der Waals surface area contributed by atoms with Crippen molar-refractivity contribution in [1.82, 2.24) is 14.6 Å². The van der Waals surface area contributed by atoms with Gasteiger partial charge in [-0.2, -0.15) is 4.72 Å². The summed E-state index contributed by atoms with van der Waals surface area (Å²) in [5, 5.41) is 0.956. The van der Waals surface area contributed by atoms with Crippen LogP contribution in [0.4, 0.5) is 8.78 Å². The number of nitrogens with zero attached hydrogens (tertiary/aromatic N) is 2. The van der Waals surface area contributed by atoms with Gasteiger partial charge in [-0.3, -0.25) is 14.6 Å². The zero-order valence-corrected chi connectivity index (χ0v) is 21.3. The molecule has 3 aromatic rings. The Bertz CT molecular complexity index is 1510. The summed E-state index contributed by atoms with van der Waals surface area (Å²) in [7, 11) is -4.19. The predicted octanol–water partition coefficient (Wildman–Crippen LogP) is 2.51. The Kier molecular flexibility index (Phi) is 6.35. The largest absolute Gasteiger partial charge is 0.489 e. The Hall–Kier alpha value is -3.64.